The van der Waals surface area contributed by atoms with E-state index in [1.807, 2.05) is 18.2 Å². The van der Waals surface area contributed by atoms with Crippen molar-refractivity contribution in [3.63, 3.8) is 0 Å². The van der Waals surface area contributed by atoms with Crippen molar-refractivity contribution >= 4 is 0 Å². The van der Waals surface area contributed by atoms with Crippen LogP contribution in [0.1, 0.15) is 78.2 Å². The normalized spacial score (nSPS) is 8.72. The fourth-order valence-corrected chi connectivity index (χ4v) is 1.39. The number of hydrogen-bond donors (Lipinski definition) is 0. The fourth-order valence-electron chi connectivity index (χ4n) is 1.39. The van der Waals surface area contributed by atoms with Crippen LogP contribution in [-0.4, -0.2) is 0 Å². The second-order valence-electron chi connectivity index (χ2n) is 4.72. The van der Waals surface area contributed by atoms with Gasteiger partial charge >= 0.3 is 0 Å². The van der Waals surface area contributed by atoms with E-state index in [1.165, 1.54) is 50.5 Å². The second kappa shape index (κ2) is 18.6. The molecule has 0 aliphatic carbocycles. The maximum atomic E-state index is 2.23. The molecular formula is C18H34. The first-order chi connectivity index (χ1) is 8.72. The second-order valence-corrected chi connectivity index (χ2v) is 4.72. The average Bonchev–Trinajstić information content (AvgIpc) is 2.40. The van der Waals surface area contributed by atoms with E-state index in [2.05, 4.69) is 46.8 Å². The Balaban J connectivity index is 0. The Morgan fingerprint density at radius 2 is 1.00 bits per heavy atom. The van der Waals surface area contributed by atoms with Crippen LogP contribution in [0.3, 0.4) is 0 Å². The molecule has 106 valence electrons. The molecule has 0 N–H and O–H groups in total. The zero-order chi connectivity index (χ0) is 14.1. The van der Waals surface area contributed by atoms with Crippen LogP contribution < -0.4 is 0 Å². The van der Waals surface area contributed by atoms with Crippen molar-refractivity contribution in [1.82, 2.24) is 0 Å². The molecule has 0 radical (unpaired) electrons. The number of hydrogen-bond acceptors (Lipinski definition) is 0. The molecule has 0 aliphatic heterocycles. The van der Waals surface area contributed by atoms with Gasteiger partial charge in [-0.25, -0.2) is 0 Å². The summed E-state index contributed by atoms with van der Waals surface area (Å²) in [6.45, 7) is 11.0. The lowest BCUT2D eigenvalue weighted by atomic mass is 10.2. The summed E-state index contributed by atoms with van der Waals surface area (Å²) < 4.78 is 0. The summed E-state index contributed by atoms with van der Waals surface area (Å²) in [7, 11) is 0. The van der Waals surface area contributed by atoms with Crippen LogP contribution in [0.25, 0.3) is 0 Å². The molecule has 0 heteroatoms. The monoisotopic (exact) mass is 250 g/mol. The van der Waals surface area contributed by atoms with Crippen LogP contribution in [0.2, 0.25) is 0 Å². The van der Waals surface area contributed by atoms with E-state index in [0.717, 1.165) is 0 Å². The molecule has 0 atom stereocenters. The first-order valence-corrected chi connectivity index (χ1v) is 7.74. The van der Waals surface area contributed by atoms with Gasteiger partial charge in [-0.05, 0) is 6.92 Å². The largest absolute Gasteiger partial charge is 0.0654 e. The SMILES string of the molecule is CCCCC.CCCCCC.Cc1ccccc1. The maximum Gasteiger partial charge on any atom is -0.0398 e. The molecule has 0 heterocycles. The van der Waals surface area contributed by atoms with Gasteiger partial charge in [-0.1, -0.05) is 109 Å². The first kappa shape index (κ1) is 19.6. The summed E-state index contributed by atoms with van der Waals surface area (Å²) in [5.74, 6) is 0. The van der Waals surface area contributed by atoms with Crippen LogP contribution in [0.15, 0.2) is 30.3 Å². The third-order valence-corrected chi connectivity index (χ3v) is 2.60. The van der Waals surface area contributed by atoms with Crippen LogP contribution in [-0.2, 0) is 0 Å². The molecule has 0 amide bonds. The summed E-state index contributed by atoms with van der Waals surface area (Å²) in [6, 6.07) is 10.3. The van der Waals surface area contributed by atoms with Gasteiger partial charge in [-0.15, -0.1) is 0 Å². The molecule has 0 aliphatic rings. The lowest BCUT2D eigenvalue weighted by molar-refractivity contribution is 0.702. The summed E-state index contributed by atoms with van der Waals surface area (Å²) in [6.07, 6.45) is 9.61. The van der Waals surface area contributed by atoms with E-state index >= 15 is 0 Å². The van der Waals surface area contributed by atoms with Crippen molar-refractivity contribution in [2.45, 2.75) is 79.6 Å². The minimum atomic E-state index is 1.32. The minimum absolute atomic E-state index is 1.32. The molecule has 0 fully saturated rings. The Hall–Kier alpha value is -0.780. The Labute approximate surface area is 116 Å². The highest BCUT2D eigenvalue weighted by Gasteiger charge is 1.75. The molecule has 0 nitrogen and oxygen atoms in total. The van der Waals surface area contributed by atoms with Crippen molar-refractivity contribution < 1.29 is 0 Å². The van der Waals surface area contributed by atoms with E-state index in [0.29, 0.717) is 0 Å². The average molecular weight is 250 g/mol. The molecule has 1 aromatic carbocycles. The number of rotatable bonds is 5. The highest BCUT2D eigenvalue weighted by Crippen LogP contribution is 1.95. The molecule has 0 saturated heterocycles. The molecular weight excluding hydrogens is 216 g/mol. The molecule has 1 rings (SSSR count). The minimum Gasteiger partial charge on any atom is -0.0654 e. The van der Waals surface area contributed by atoms with E-state index in [-0.39, 0.29) is 0 Å². The molecule has 1 aromatic rings. The predicted octanol–water partition coefficient (Wildman–Crippen LogP) is 6.78. The standard InChI is InChI=1S/C7H8.C6H14.C5H12/c1-7-5-3-2-4-6-7;1-3-5-6-4-2;1-3-5-4-2/h2-6H,1H3;3-6H2,1-2H3;3-5H2,1-2H3. The van der Waals surface area contributed by atoms with E-state index in [4.69, 9.17) is 0 Å². The summed E-state index contributed by atoms with van der Waals surface area (Å²) >= 11 is 0. The molecule has 0 spiro atoms. The van der Waals surface area contributed by atoms with Gasteiger partial charge in [0.1, 0.15) is 0 Å². The van der Waals surface area contributed by atoms with E-state index in [9.17, 15) is 0 Å². The van der Waals surface area contributed by atoms with Crippen molar-refractivity contribution in [3.05, 3.63) is 35.9 Å². The smallest absolute Gasteiger partial charge is 0.0398 e. The van der Waals surface area contributed by atoms with Crippen LogP contribution in [0.4, 0.5) is 0 Å². The topological polar surface area (TPSA) is 0 Å². The van der Waals surface area contributed by atoms with Crippen molar-refractivity contribution in [2.24, 2.45) is 0 Å². The lowest BCUT2D eigenvalue weighted by Gasteiger charge is -1.86. The maximum absolute atomic E-state index is 2.23. The molecule has 0 aromatic heterocycles. The van der Waals surface area contributed by atoms with Crippen LogP contribution in [0.5, 0.6) is 0 Å². The van der Waals surface area contributed by atoms with E-state index in [1.54, 1.807) is 0 Å². The van der Waals surface area contributed by atoms with Crippen molar-refractivity contribution in [2.75, 3.05) is 0 Å². The van der Waals surface area contributed by atoms with Gasteiger partial charge in [0, 0.05) is 0 Å². The first-order valence-electron chi connectivity index (χ1n) is 7.74. The van der Waals surface area contributed by atoms with Gasteiger partial charge in [-0.2, -0.15) is 0 Å². The highest BCUT2D eigenvalue weighted by molar-refractivity contribution is 5.11. The van der Waals surface area contributed by atoms with Crippen molar-refractivity contribution in [1.29, 1.82) is 0 Å². The Kier molecular flexibility index (Phi) is 20.2. The van der Waals surface area contributed by atoms with Gasteiger partial charge in [0.25, 0.3) is 0 Å². The summed E-state index contributed by atoms with van der Waals surface area (Å²) in [4.78, 5) is 0. The third-order valence-electron chi connectivity index (χ3n) is 2.60. The van der Waals surface area contributed by atoms with Gasteiger partial charge in [0.05, 0.1) is 0 Å². The quantitative estimate of drug-likeness (QED) is 0.505. The Morgan fingerprint density at radius 3 is 1.17 bits per heavy atom. The zero-order valence-corrected chi connectivity index (χ0v) is 13.3. The Morgan fingerprint density at radius 1 is 0.611 bits per heavy atom. The highest BCUT2D eigenvalue weighted by atomic mass is 13.8. The van der Waals surface area contributed by atoms with Gasteiger partial charge in [-0.3, -0.25) is 0 Å². The van der Waals surface area contributed by atoms with Gasteiger partial charge in [0.15, 0.2) is 0 Å². The fraction of sp³-hybridized carbons (Fsp3) is 0.667. The summed E-state index contributed by atoms with van der Waals surface area (Å²) in [5.41, 5.74) is 1.32. The van der Waals surface area contributed by atoms with Crippen molar-refractivity contribution in [3.8, 4) is 0 Å². The number of benzene rings is 1. The predicted molar refractivity (Wildman–Crippen MR) is 86.2 cm³/mol. The zero-order valence-electron chi connectivity index (χ0n) is 13.3. The molecule has 18 heavy (non-hydrogen) atoms. The molecule has 0 bridgehead atoms. The van der Waals surface area contributed by atoms with Crippen LogP contribution >= 0.6 is 0 Å². The van der Waals surface area contributed by atoms with Gasteiger partial charge < -0.3 is 0 Å². The van der Waals surface area contributed by atoms with Crippen LogP contribution in [0, 0.1) is 6.92 Å². The Bertz CT molecular complexity index is 207. The van der Waals surface area contributed by atoms with Gasteiger partial charge in [0.2, 0.25) is 0 Å². The number of aryl methyl sites for hydroxylation is 1. The number of unbranched alkanes of at least 4 members (excludes halogenated alkanes) is 5. The lowest BCUT2D eigenvalue weighted by Crippen LogP contribution is -1.66. The summed E-state index contributed by atoms with van der Waals surface area (Å²) in [5, 5.41) is 0. The van der Waals surface area contributed by atoms with E-state index < -0.39 is 0 Å². The molecule has 0 saturated carbocycles. The third kappa shape index (κ3) is 20.6. The molecule has 0 unspecified atom stereocenters.